The minimum absolute atomic E-state index is 0.116. The Labute approximate surface area is 121 Å². The average Bonchev–Trinajstić information content (AvgIpc) is 2.47. The Morgan fingerprint density at radius 1 is 1.20 bits per heavy atom. The number of fused-ring (bicyclic) bond motifs is 1. The number of benzene rings is 1. The van der Waals surface area contributed by atoms with Gasteiger partial charge in [0.15, 0.2) is 0 Å². The summed E-state index contributed by atoms with van der Waals surface area (Å²) in [6, 6.07) is 7.33. The van der Waals surface area contributed by atoms with Crippen molar-refractivity contribution in [2.45, 2.75) is 63.1 Å². The number of methoxy groups -OCH3 is 1. The van der Waals surface area contributed by atoms with E-state index in [1.54, 1.807) is 7.11 Å². The standard InChI is InChI=1S/C17H25NO2/c1-20-15-9-8-12-4-2-7-17(16(12)11-15)18-13-5-3-6-14(19)10-13/h8-9,11,13-14,17-19H,2-7,10H2,1H3. The van der Waals surface area contributed by atoms with E-state index in [9.17, 15) is 5.11 Å². The van der Waals surface area contributed by atoms with Crippen LogP contribution in [0.5, 0.6) is 5.75 Å². The molecule has 1 fully saturated rings. The number of ether oxygens (including phenoxy) is 1. The van der Waals surface area contributed by atoms with E-state index in [1.165, 1.54) is 36.8 Å². The molecule has 20 heavy (non-hydrogen) atoms. The number of hydrogen-bond acceptors (Lipinski definition) is 3. The number of aliphatic hydroxyl groups is 1. The van der Waals surface area contributed by atoms with E-state index in [0.29, 0.717) is 12.1 Å². The molecule has 0 bridgehead atoms. The summed E-state index contributed by atoms with van der Waals surface area (Å²) in [6.07, 6.45) is 7.67. The van der Waals surface area contributed by atoms with E-state index in [4.69, 9.17) is 4.74 Å². The maximum atomic E-state index is 9.83. The number of hydrogen-bond donors (Lipinski definition) is 2. The molecule has 1 aromatic rings. The average molecular weight is 275 g/mol. The van der Waals surface area contributed by atoms with Gasteiger partial charge in [0.05, 0.1) is 13.2 Å². The molecule has 2 aliphatic carbocycles. The molecule has 3 atom stereocenters. The van der Waals surface area contributed by atoms with Crippen molar-refractivity contribution in [2.75, 3.05) is 7.11 Å². The summed E-state index contributed by atoms with van der Waals surface area (Å²) in [5.74, 6) is 0.945. The van der Waals surface area contributed by atoms with Gasteiger partial charge in [0.25, 0.3) is 0 Å². The molecule has 0 saturated heterocycles. The van der Waals surface area contributed by atoms with Crippen molar-refractivity contribution in [1.82, 2.24) is 5.32 Å². The Kier molecular flexibility index (Phi) is 4.27. The molecule has 1 aromatic carbocycles. The van der Waals surface area contributed by atoms with Crippen LogP contribution in [0.3, 0.4) is 0 Å². The van der Waals surface area contributed by atoms with Crippen LogP contribution < -0.4 is 10.1 Å². The fourth-order valence-electron chi connectivity index (χ4n) is 3.68. The van der Waals surface area contributed by atoms with Gasteiger partial charge >= 0.3 is 0 Å². The minimum Gasteiger partial charge on any atom is -0.497 e. The second kappa shape index (κ2) is 6.15. The van der Waals surface area contributed by atoms with Crippen molar-refractivity contribution in [1.29, 1.82) is 0 Å². The fourth-order valence-corrected chi connectivity index (χ4v) is 3.68. The second-order valence-corrected chi connectivity index (χ2v) is 6.19. The Hall–Kier alpha value is -1.06. The highest BCUT2D eigenvalue weighted by Gasteiger charge is 2.26. The van der Waals surface area contributed by atoms with Gasteiger partial charge in [0.1, 0.15) is 5.75 Å². The lowest BCUT2D eigenvalue weighted by atomic mass is 9.85. The van der Waals surface area contributed by atoms with Gasteiger partial charge in [0, 0.05) is 12.1 Å². The summed E-state index contributed by atoms with van der Waals surface area (Å²) in [5, 5.41) is 13.6. The van der Waals surface area contributed by atoms with Crippen molar-refractivity contribution >= 4 is 0 Å². The first-order valence-electron chi connectivity index (χ1n) is 7.87. The highest BCUT2D eigenvalue weighted by atomic mass is 16.5. The van der Waals surface area contributed by atoms with Gasteiger partial charge in [-0.25, -0.2) is 0 Å². The van der Waals surface area contributed by atoms with Crippen molar-refractivity contribution in [3.63, 3.8) is 0 Å². The zero-order valence-corrected chi connectivity index (χ0v) is 12.3. The van der Waals surface area contributed by atoms with E-state index in [2.05, 4.69) is 23.5 Å². The first-order valence-corrected chi connectivity index (χ1v) is 7.87. The predicted octanol–water partition coefficient (Wildman–Crippen LogP) is 2.97. The quantitative estimate of drug-likeness (QED) is 0.891. The Morgan fingerprint density at radius 2 is 2.10 bits per heavy atom. The van der Waals surface area contributed by atoms with Crippen molar-refractivity contribution in [3.8, 4) is 5.75 Å². The van der Waals surface area contributed by atoms with Crippen LogP contribution in [0.15, 0.2) is 18.2 Å². The highest BCUT2D eigenvalue weighted by molar-refractivity contribution is 5.39. The number of nitrogens with one attached hydrogen (secondary N) is 1. The number of aryl methyl sites for hydroxylation is 1. The summed E-state index contributed by atoms with van der Waals surface area (Å²) in [4.78, 5) is 0. The van der Waals surface area contributed by atoms with E-state index >= 15 is 0 Å². The lowest BCUT2D eigenvalue weighted by molar-refractivity contribution is 0.107. The SMILES string of the molecule is COc1ccc2c(c1)C(NC1CCCC(O)C1)CCC2. The molecule has 0 spiro atoms. The molecule has 0 amide bonds. The molecule has 0 aromatic heterocycles. The van der Waals surface area contributed by atoms with Gasteiger partial charge in [-0.1, -0.05) is 6.07 Å². The summed E-state index contributed by atoms with van der Waals surface area (Å²) in [6.45, 7) is 0. The molecule has 3 rings (SSSR count). The first-order chi connectivity index (χ1) is 9.76. The van der Waals surface area contributed by atoms with Gasteiger partial charge in [-0.2, -0.15) is 0 Å². The summed E-state index contributed by atoms with van der Waals surface area (Å²) in [7, 11) is 1.73. The predicted molar refractivity (Wildman–Crippen MR) is 80.1 cm³/mol. The monoisotopic (exact) mass is 275 g/mol. The highest BCUT2D eigenvalue weighted by Crippen LogP contribution is 2.34. The lowest BCUT2D eigenvalue weighted by Crippen LogP contribution is -2.39. The molecule has 3 unspecified atom stereocenters. The van der Waals surface area contributed by atoms with Crippen LogP contribution in [-0.4, -0.2) is 24.4 Å². The van der Waals surface area contributed by atoms with Crippen molar-refractivity contribution in [2.24, 2.45) is 0 Å². The zero-order valence-electron chi connectivity index (χ0n) is 12.3. The molecule has 1 saturated carbocycles. The van der Waals surface area contributed by atoms with Crippen molar-refractivity contribution < 1.29 is 9.84 Å². The van der Waals surface area contributed by atoms with Crippen LogP contribution >= 0.6 is 0 Å². The molecule has 110 valence electrons. The van der Waals surface area contributed by atoms with Crippen LogP contribution in [0, 0.1) is 0 Å². The third-order valence-corrected chi connectivity index (χ3v) is 4.75. The largest absolute Gasteiger partial charge is 0.497 e. The molecule has 0 heterocycles. The maximum Gasteiger partial charge on any atom is 0.119 e. The maximum absolute atomic E-state index is 9.83. The van der Waals surface area contributed by atoms with Gasteiger partial charge in [-0.15, -0.1) is 0 Å². The van der Waals surface area contributed by atoms with Crippen molar-refractivity contribution in [3.05, 3.63) is 29.3 Å². The summed E-state index contributed by atoms with van der Waals surface area (Å²) in [5.41, 5.74) is 2.85. The van der Waals surface area contributed by atoms with Crippen LogP contribution in [0.4, 0.5) is 0 Å². The normalized spacial score (nSPS) is 29.8. The van der Waals surface area contributed by atoms with Gasteiger partial charge < -0.3 is 15.2 Å². The second-order valence-electron chi connectivity index (χ2n) is 6.19. The molecule has 3 nitrogen and oxygen atoms in total. The van der Waals surface area contributed by atoms with Gasteiger partial charge in [0.2, 0.25) is 0 Å². The van der Waals surface area contributed by atoms with Crippen LogP contribution in [-0.2, 0) is 6.42 Å². The fraction of sp³-hybridized carbons (Fsp3) is 0.647. The molecule has 3 heteroatoms. The minimum atomic E-state index is -0.116. The molecular formula is C17H25NO2. The lowest BCUT2D eigenvalue weighted by Gasteiger charge is -2.34. The van der Waals surface area contributed by atoms with E-state index < -0.39 is 0 Å². The topological polar surface area (TPSA) is 41.5 Å². The molecule has 0 radical (unpaired) electrons. The smallest absolute Gasteiger partial charge is 0.119 e. The third-order valence-electron chi connectivity index (χ3n) is 4.75. The Morgan fingerprint density at radius 3 is 2.90 bits per heavy atom. The molecule has 0 aliphatic heterocycles. The van der Waals surface area contributed by atoms with Gasteiger partial charge in [-0.3, -0.25) is 0 Å². The first kappa shape index (κ1) is 13.9. The number of rotatable bonds is 3. The van der Waals surface area contributed by atoms with Crippen LogP contribution in [0.1, 0.15) is 55.7 Å². The zero-order chi connectivity index (χ0) is 13.9. The molecule has 2 N–H and O–H groups in total. The van der Waals surface area contributed by atoms with E-state index in [1.807, 2.05) is 0 Å². The van der Waals surface area contributed by atoms with Crippen LogP contribution in [0.25, 0.3) is 0 Å². The van der Waals surface area contributed by atoms with Crippen LogP contribution in [0.2, 0.25) is 0 Å². The number of aliphatic hydroxyl groups excluding tert-OH is 1. The van der Waals surface area contributed by atoms with E-state index in [-0.39, 0.29) is 6.10 Å². The Balaban J connectivity index is 1.75. The summed E-state index contributed by atoms with van der Waals surface area (Å²) < 4.78 is 5.37. The summed E-state index contributed by atoms with van der Waals surface area (Å²) >= 11 is 0. The molecule has 2 aliphatic rings. The Bertz CT molecular complexity index is 460. The van der Waals surface area contributed by atoms with Gasteiger partial charge in [-0.05, 0) is 68.2 Å². The molecular weight excluding hydrogens is 250 g/mol. The third kappa shape index (κ3) is 2.99. The van der Waals surface area contributed by atoms with E-state index in [0.717, 1.165) is 25.0 Å².